The van der Waals surface area contributed by atoms with Crippen molar-refractivity contribution in [2.24, 2.45) is 5.73 Å². The van der Waals surface area contributed by atoms with Gasteiger partial charge in [-0.05, 0) is 50.2 Å². The van der Waals surface area contributed by atoms with Gasteiger partial charge in [-0.15, -0.1) is 0 Å². The lowest BCUT2D eigenvalue weighted by Crippen LogP contribution is -2.42. The number of carbonyl (C=O) groups excluding carboxylic acids is 2. The highest BCUT2D eigenvalue weighted by Crippen LogP contribution is 2.33. The molecule has 0 aliphatic rings. The average Bonchev–Trinajstić information content (AvgIpc) is 2.60. The molecule has 0 bridgehead atoms. The summed E-state index contributed by atoms with van der Waals surface area (Å²) in [6.07, 6.45) is 0. The van der Waals surface area contributed by atoms with Gasteiger partial charge in [-0.25, -0.2) is 0 Å². The number of amides is 2. The number of carbonyl (C=O) groups is 2. The van der Waals surface area contributed by atoms with E-state index in [1.807, 2.05) is 0 Å². The van der Waals surface area contributed by atoms with Crippen LogP contribution in [0, 0.1) is 10.1 Å². The molecule has 0 atom stereocenters. The van der Waals surface area contributed by atoms with Gasteiger partial charge in [0.2, 0.25) is 11.7 Å². The number of rotatable bonds is 7. The third kappa shape index (κ3) is 5.18. The van der Waals surface area contributed by atoms with Crippen molar-refractivity contribution in [3.05, 3.63) is 63.2 Å². The van der Waals surface area contributed by atoms with E-state index >= 15 is 0 Å². The largest absolute Gasteiger partial charge is 0.450 e. The number of nitrogens with two attached hydrogens (primary N) is 1. The molecule has 0 spiro atoms. The van der Waals surface area contributed by atoms with E-state index in [2.05, 4.69) is 0 Å². The molecule has 8 nitrogen and oxygen atoms in total. The van der Waals surface area contributed by atoms with Crippen molar-refractivity contribution >= 4 is 29.1 Å². The number of hydrogen-bond acceptors (Lipinski definition) is 5. The van der Waals surface area contributed by atoms with Crippen LogP contribution < -0.4 is 10.5 Å². The molecule has 2 N–H and O–H groups in total. The molecule has 27 heavy (non-hydrogen) atoms. The molecule has 2 rings (SSSR count). The Morgan fingerprint density at radius 2 is 1.85 bits per heavy atom. The fraction of sp³-hybridized carbons (Fsp3) is 0.222. The number of ether oxygens (including phenoxy) is 1. The highest BCUT2D eigenvalue weighted by molar-refractivity contribution is 6.30. The van der Waals surface area contributed by atoms with E-state index in [-0.39, 0.29) is 35.0 Å². The molecule has 9 heteroatoms. The summed E-state index contributed by atoms with van der Waals surface area (Å²) in [7, 11) is 0. The predicted octanol–water partition coefficient (Wildman–Crippen LogP) is 3.38. The van der Waals surface area contributed by atoms with Crippen LogP contribution in [-0.2, 0) is 4.79 Å². The molecule has 0 unspecified atom stereocenters. The van der Waals surface area contributed by atoms with Gasteiger partial charge in [-0.2, -0.15) is 0 Å². The molecule has 0 aliphatic heterocycles. The summed E-state index contributed by atoms with van der Waals surface area (Å²) in [6.45, 7) is 3.36. The molecule has 0 fully saturated rings. The van der Waals surface area contributed by atoms with Crippen molar-refractivity contribution < 1.29 is 19.2 Å². The van der Waals surface area contributed by atoms with Gasteiger partial charge in [0.1, 0.15) is 5.75 Å². The maximum Gasteiger partial charge on any atom is 0.313 e. The minimum Gasteiger partial charge on any atom is -0.450 e. The second-order valence-electron chi connectivity index (χ2n) is 5.99. The predicted molar refractivity (Wildman–Crippen MR) is 100.0 cm³/mol. The third-order valence-corrected chi connectivity index (χ3v) is 3.89. The molecule has 0 radical (unpaired) electrons. The van der Waals surface area contributed by atoms with Gasteiger partial charge in [0, 0.05) is 22.7 Å². The molecule has 0 heterocycles. The van der Waals surface area contributed by atoms with E-state index < -0.39 is 10.8 Å². The van der Waals surface area contributed by atoms with Crippen LogP contribution in [0.15, 0.2) is 42.5 Å². The Morgan fingerprint density at radius 3 is 2.37 bits per heavy atom. The Hall–Kier alpha value is -3.13. The number of nitro groups is 1. The quantitative estimate of drug-likeness (QED) is 0.573. The molecule has 0 aliphatic carbocycles. The van der Waals surface area contributed by atoms with Gasteiger partial charge >= 0.3 is 5.69 Å². The van der Waals surface area contributed by atoms with Gasteiger partial charge in [0.25, 0.3) is 5.91 Å². The van der Waals surface area contributed by atoms with Crippen molar-refractivity contribution in [2.45, 2.75) is 19.9 Å². The maximum atomic E-state index is 12.5. The summed E-state index contributed by atoms with van der Waals surface area (Å²) in [4.78, 5) is 35.6. The van der Waals surface area contributed by atoms with Crippen molar-refractivity contribution in [1.82, 2.24) is 4.90 Å². The molecular formula is C18H18ClN3O5. The minimum atomic E-state index is -0.605. The zero-order chi connectivity index (χ0) is 20.1. The Bertz CT molecular complexity index is 868. The maximum absolute atomic E-state index is 12.5. The van der Waals surface area contributed by atoms with E-state index in [1.54, 1.807) is 13.8 Å². The first-order valence-electron chi connectivity index (χ1n) is 8.00. The zero-order valence-corrected chi connectivity index (χ0v) is 15.5. The number of benzene rings is 2. The standard InChI is InChI=1S/C18H18ClN3O5/c1-11(2)21(10-17(20)23)18(24)12-3-6-14(7-4-12)27-16-8-5-13(19)9-15(16)22(25)26/h3-9,11H,10H2,1-2H3,(H2,20,23). The third-order valence-electron chi connectivity index (χ3n) is 3.66. The van der Waals surface area contributed by atoms with Crippen LogP contribution in [0.1, 0.15) is 24.2 Å². The van der Waals surface area contributed by atoms with Gasteiger partial charge in [-0.1, -0.05) is 11.6 Å². The van der Waals surface area contributed by atoms with Gasteiger partial charge in [0.15, 0.2) is 0 Å². The summed E-state index contributed by atoms with van der Waals surface area (Å²) in [6, 6.07) is 9.89. The Balaban J connectivity index is 2.21. The highest BCUT2D eigenvalue weighted by atomic mass is 35.5. The highest BCUT2D eigenvalue weighted by Gasteiger charge is 2.21. The Kier molecular flexibility index (Phi) is 6.36. The molecular weight excluding hydrogens is 374 g/mol. The zero-order valence-electron chi connectivity index (χ0n) is 14.7. The van der Waals surface area contributed by atoms with E-state index in [4.69, 9.17) is 22.1 Å². The van der Waals surface area contributed by atoms with E-state index in [0.29, 0.717) is 11.3 Å². The average molecular weight is 392 g/mol. The fourth-order valence-electron chi connectivity index (χ4n) is 2.33. The second kappa shape index (κ2) is 8.50. The lowest BCUT2D eigenvalue weighted by atomic mass is 10.1. The van der Waals surface area contributed by atoms with E-state index in [9.17, 15) is 19.7 Å². The number of nitrogens with zero attached hydrogens (tertiary/aromatic N) is 2. The Morgan fingerprint density at radius 1 is 1.22 bits per heavy atom. The van der Waals surface area contributed by atoms with E-state index in [1.165, 1.54) is 47.4 Å². The van der Waals surface area contributed by atoms with Crippen molar-refractivity contribution in [2.75, 3.05) is 6.54 Å². The molecule has 142 valence electrons. The summed E-state index contributed by atoms with van der Waals surface area (Å²) >= 11 is 5.78. The monoisotopic (exact) mass is 391 g/mol. The summed E-state index contributed by atoms with van der Waals surface area (Å²) < 4.78 is 5.53. The van der Waals surface area contributed by atoms with Crippen LogP contribution in [0.4, 0.5) is 5.69 Å². The topological polar surface area (TPSA) is 116 Å². The van der Waals surface area contributed by atoms with Gasteiger partial charge in [0.05, 0.1) is 11.5 Å². The first-order valence-corrected chi connectivity index (χ1v) is 8.38. The normalized spacial score (nSPS) is 10.5. The van der Waals surface area contributed by atoms with Crippen molar-refractivity contribution in [3.63, 3.8) is 0 Å². The number of hydrogen-bond donors (Lipinski definition) is 1. The summed E-state index contributed by atoms with van der Waals surface area (Å²) in [5.74, 6) is -0.621. The van der Waals surface area contributed by atoms with Crippen LogP contribution in [0.2, 0.25) is 5.02 Å². The van der Waals surface area contributed by atoms with E-state index in [0.717, 1.165) is 0 Å². The fourth-order valence-corrected chi connectivity index (χ4v) is 2.50. The van der Waals surface area contributed by atoms with Crippen molar-refractivity contribution in [1.29, 1.82) is 0 Å². The number of nitro benzene ring substituents is 1. The summed E-state index contributed by atoms with van der Waals surface area (Å²) in [5.41, 5.74) is 5.26. The van der Waals surface area contributed by atoms with Crippen LogP contribution in [0.25, 0.3) is 0 Å². The first-order chi connectivity index (χ1) is 12.7. The smallest absolute Gasteiger partial charge is 0.313 e. The van der Waals surface area contributed by atoms with Gasteiger partial charge in [-0.3, -0.25) is 19.7 Å². The molecule has 0 saturated carbocycles. The molecule has 0 saturated heterocycles. The minimum absolute atomic E-state index is 0.0287. The molecule has 2 aromatic carbocycles. The first kappa shape index (κ1) is 20.2. The SMILES string of the molecule is CC(C)N(CC(N)=O)C(=O)c1ccc(Oc2ccc(Cl)cc2[N+](=O)[O-])cc1. The molecule has 0 aromatic heterocycles. The van der Waals surface area contributed by atoms with Crippen LogP contribution in [0.3, 0.4) is 0 Å². The van der Waals surface area contributed by atoms with Crippen LogP contribution in [0.5, 0.6) is 11.5 Å². The second-order valence-corrected chi connectivity index (χ2v) is 6.43. The van der Waals surface area contributed by atoms with Gasteiger partial charge < -0.3 is 15.4 Å². The lowest BCUT2D eigenvalue weighted by molar-refractivity contribution is -0.385. The molecule has 2 aromatic rings. The lowest BCUT2D eigenvalue weighted by Gasteiger charge is -2.25. The Labute approximate surface area is 160 Å². The van der Waals surface area contributed by atoms with Crippen molar-refractivity contribution in [3.8, 4) is 11.5 Å². The number of primary amides is 1. The van der Waals surface area contributed by atoms with Crippen LogP contribution in [-0.4, -0.2) is 34.2 Å². The molecule has 2 amide bonds. The number of halogens is 1. The summed E-state index contributed by atoms with van der Waals surface area (Å²) in [5, 5.41) is 11.3. The van der Waals surface area contributed by atoms with Crippen LogP contribution >= 0.6 is 11.6 Å².